The average Bonchev–Trinajstić information content (AvgIpc) is 2.32. The summed E-state index contributed by atoms with van der Waals surface area (Å²) < 4.78 is 27.0. The maximum atomic E-state index is 13.8. The van der Waals surface area contributed by atoms with Gasteiger partial charge in [0.15, 0.2) is 11.6 Å². The molecule has 1 saturated carbocycles. The molecule has 1 aliphatic heterocycles. The van der Waals surface area contributed by atoms with Gasteiger partial charge in [0, 0.05) is 0 Å². The van der Waals surface area contributed by atoms with Crippen molar-refractivity contribution in [3.63, 3.8) is 0 Å². The predicted octanol–water partition coefficient (Wildman–Crippen LogP) is 1.72. The van der Waals surface area contributed by atoms with Crippen molar-refractivity contribution in [1.82, 2.24) is 5.32 Å². The van der Waals surface area contributed by atoms with Gasteiger partial charge in [0.1, 0.15) is 5.41 Å². The highest BCUT2D eigenvalue weighted by Crippen LogP contribution is 2.45. The minimum Gasteiger partial charge on any atom is -0.276 e. The molecule has 0 aromatic heterocycles. The third-order valence-electron chi connectivity index (χ3n) is 3.85. The summed E-state index contributed by atoms with van der Waals surface area (Å²) in [7, 11) is 0. The molecule has 2 aliphatic rings. The first-order valence-corrected chi connectivity index (χ1v) is 6.11. The van der Waals surface area contributed by atoms with E-state index in [1.54, 1.807) is 0 Å². The quantitative estimate of drug-likeness (QED) is 0.796. The van der Waals surface area contributed by atoms with Crippen LogP contribution < -0.4 is 10.2 Å². The fraction of sp³-hybridized carbons (Fsp3) is 0.308. The Morgan fingerprint density at radius 3 is 2.45 bits per heavy atom. The molecule has 0 unspecified atom stereocenters. The highest BCUT2D eigenvalue weighted by atomic mass is 19.2. The van der Waals surface area contributed by atoms with Crippen LogP contribution in [-0.2, 0) is 9.59 Å². The molecule has 20 heavy (non-hydrogen) atoms. The minimum atomic E-state index is -1.31. The van der Waals surface area contributed by atoms with Crippen molar-refractivity contribution in [2.24, 2.45) is 5.41 Å². The van der Waals surface area contributed by atoms with Crippen LogP contribution in [0.1, 0.15) is 19.3 Å². The average molecular weight is 280 g/mol. The number of carbonyl (C=O) groups excluding carboxylic acids is 3. The van der Waals surface area contributed by atoms with E-state index in [2.05, 4.69) is 0 Å². The van der Waals surface area contributed by atoms with Crippen molar-refractivity contribution in [3.8, 4) is 0 Å². The Kier molecular flexibility index (Phi) is 2.60. The summed E-state index contributed by atoms with van der Waals surface area (Å²) in [5, 5.41) is 2.04. The van der Waals surface area contributed by atoms with Crippen LogP contribution >= 0.6 is 0 Å². The second-order valence-electron chi connectivity index (χ2n) is 4.91. The van der Waals surface area contributed by atoms with Gasteiger partial charge in [0.05, 0.1) is 5.69 Å². The molecule has 7 heteroatoms. The zero-order valence-corrected chi connectivity index (χ0v) is 10.3. The number of imide groups is 2. The van der Waals surface area contributed by atoms with Gasteiger partial charge in [-0.25, -0.2) is 18.5 Å². The van der Waals surface area contributed by atoms with E-state index in [1.165, 1.54) is 6.07 Å². The lowest BCUT2D eigenvalue weighted by molar-refractivity contribution is -0.148. The molecule has 0 radical (unpaired) electrons. The highest BCUT2D eigenvalue weighted by molar-refractivity contribution is 6.30. The van der Waals surface area contributed by atoms with E-state index < -0.39 is 40.6 Å². The standard InChI is InChI=1S/C13H10F2N2O3/c14-7-3-1-4-8(9(7)15)17-11(19)13(5-2-6-13)10(18)16-12(17)20/h1,3-4H,2,5-6H2,(H,16,18,20). The Hall–Kier alpha value is -2.31. The molecule has 1 saturated heterocycles. The largest absolute Gasteiger partial charge is 0.335 e. The summed E-state index contributed by atoms with van der Waals surface area (Å²) in [4.78, 5) is 36.5. The van der Waals surface area contributed by atoms with E-state index in [4.69, 9.17) is 0 Å². The van der Waals surface area contributed by atoms with Gasteiger partial charge in [-0.2, -0.15) is 0 Å². The molecular weight excluding hydrogens is 270 g/mol. The lowest BCUT2D eigenvalue weighted by atomic mass is 9.66. The van der Waals surface area contributed by atoms with Crippen LogP contribution in [0, 0.1) is 17.0 Å². The SMILES string of the molecule is O=C1NC(=O)C2(CCC2)C(=O)N1c1cccc(F)c1F. The number of urea groups is 1. The van der Waals surface area contributed by atoms with Crippen LogP contribution in [0.5, 0.6) is 0 Å². The molecule has 1 spiro atoms. The summed E-state index contributed by atoms with van der Waals surface area (Å²) in [5.41, 5.74) is -1.79. The summed E-state index contributed by atoms with van der Waals surface area (Å²) in [5.74, 6) is -3.91. The molecule has 2 fully saturated rings. The van der Waals surface area contributed by atoms with Gasteiger partial charge >= 0.3 is 6.03 Å². The number of barbiturate groups is 1. The van der Waals surface area contributed by atoms with Crippen molar-refractivity contribution in [2.75, 3.05) is 4.90 Å². The number of hydrogen-bond donors (Lipinski definition) is 1. The zero-order valence-electron chi connectivity index (χ0n) is 10.3. The number of anilines is 1. The molecule has 0 bridgehead atoms. The molecule has 1 aromatic carbocycles. The molecule has 1 aromatic rings. The fourth-order valence-corrected chi connectivity index (χ4v) is 2.53. The predicted molar refractivity (Wildman–Crippen MR) is 63.7 cm³/mol. The first-order chi connectivity index (χ1) is 9.47. The van der Waals surface area contributed by atoms with Gasteiger partial charge in [-0.15, -0.1) is 0 Å². The lowest BCUT2D eigenvalue weighted by Gasteiger charge is -2.44. The number of rotatable bonds is 1. The van der Waals surface area contributed by atoms with Gasteiger partial charge in [-0.05, 0) is 25.0 Å². The Morgan fingerprint density at radius 2 is 1.85 bits per heavy atom. The van der Waals surface area contributed by atoms with Crippen LogP contribution in [0.15, 0.2) is 18.2 Å². The van der Waals surface area contributed by atoms with Gasteiger partial charge in [-0.1, -0.05) is 12.5 Å². The molecule has 1 heterocycles. The highest BCUT2D eigenvalue weighted by Gasteiger charge is 2.58. The van der Waals surface area contributed by atoms with Gasteiger partial charge in [0.25, 0.3) is 5.91 Å². The van der Waals surface area contributed by atoms with Crippen LogP contribution in [-0.4, -0.2) is 17.8 Å². The lowest BCUT2D eigenvalue weighted by Crippen LogP contribution is -2.66. The number of benzene rings is 1. The summed E-state index contributed by atoms with van der Waals surface area (Å²) >= 11 is 0. The van der Waals surface area contributed by atoms with Crippen LogP contribution in [0.25, 0.3) is 0 Å². The smallest absolute Gasteiger partial charge is 0.276 e. The molecule has 4 amide bonds. The molecule has 1 aliphatic carbocycles. The number of hydrogen-bond acceptors (Lipinski definition) is 3. The molecule has 1 N–H and O–H groups in total. The maximum Gasteiger partial charge on any atom is 0.335 e. The number of halogens is 2. The van der Waals surface area contributed by atoms with E-state index in [-0.39, 0.29) is 0 Å². The minimum absolute atomic E-state index is 0.304. The molecule has 0 atom stereocenters. The third-order valence-corrected chi connectivity index (χ3v) is 3.85. The van der Waals surface area contributed by atoms with Crippen molar-refractivity contribution >= 4 is 23.5 Å². The van der Waals surface area contributed by atoms with Crippen molar-refractivity contribution in [3.05, 3.63) is 29.8 Å². The van der Waals surface area contributed by atoms with Gasteiger partial charge in [0.2, 0.25) is 5.91 Å². The van der Waals surface area contributed by atoms with E-state index >= 15 is 0 Å². The maximum absolute atomic E-state index is 13.8. The summed E-state index contributed by atoms with van der Waals surface area (Å²) in [6.07, 6.45) is 1.28. The van der Waals surface area contributed by atoms with Gasteiger partial charge < -0.3 is 0 Å². The monoisotopic (exact) mass is 280 g/mol. The van der Waals surface area contributed by atoms with Gasteiger partial charge in [-0.3, -0.25) is 14.9 Å². The fourth-order valence-electron chi connectivity index (χ4n) is 2.53. The van der Waals surface area contributed by atoms with Crippen molar-refractivity contribution in [1.29, 1.82) is 0 Å². The number of amides is 4. The zero-order chi connectivity index (χ0) is 14.5. The van der Waals surface area contributed by atoms with Crippen molar-refractivity contribution in [2.45, 2.75) is 19.3 Å². The van der Waals surface area contributed by atoms with Crippen LogP contribution in [0.2, 0.25) is 0 Å². The second-order valence-corrected chi connectivity index (χ2v) is 4.91. The number of nitrogens with zero attached hydrogens (tertiary/aromatic N) is 1. The Bertz CT molecular complexity index is 641. The summed E-state index contributed by atoms with van der Waals surface area (Å²) in [6, 6.07) is 2.15. The Morgan fingerprint density at radius 1 is 1.15 bits per heavy atom. The Balaban J connectivity index is 2.08. The first kappa shape index (κ1) is 12.7. The molecule has 104 valence electrons. The van der Waals surface area contributed by atoms with Crippen LogP contribution in [0.4, 0.5) is 19.3 Å². The molecule has 3 rings (SSSR count). The Labute approximate surface area is 112 Å². The van der Waals surface area contributed by atoms with Crippen molar-refractivity contribution < 1.29 is 23.2 Å². The second kappa shape index (κ2) is 4.09. The molecular formula is C13H10F2N2O3. The van der Waals surface area contributed by atoms with E-state index in [0.717, 1.165) is 12.1 Å². The van der Waals surface area contributed by atoms with E-state index in [9.17, 15) is 23.2 Å². The number of carbonyl (C=O) groups is 3. The third kappa shape index (κ3) is 1.49. The number of nitrogens with one attached hydrogen (secondary N) is 1. The normalized spacial score (nSPS) is 20.9. The van der Waals surface area contributed by atoms with E-state index in [1.807, 2.05) is 5.32 Å². The van der Waals surface area contributed by atoms with Crippen LogP contribution in [0.3, 0.4) is 0 Å². The topological polar surface area (TPSA) is 66.5 Å². The van der Waals surface area contributed by atoms with E-state index in [0.29, 0.717) is 24.2 Å². The molecule has 5 nitrogen and oxygen atoms in total. The first-order valence-electron chi connectivity index (χ1n) is 6.11. The summed E-state index contributed by atoms with van der Waals surface area (Å²) in [6.45, 7) is 0.